The van der Waals surface area contributed by atoms with Crippen molar-refractivity contribution < 1.29 is 9.72 Å². The molecular formula is C16H13N3O3S2. The molecule has 0 bridgehead atoms. The topological polar surface area (TPSA) is 77.5 Å². The third kappa shape index (κ3) is 3.34. The van der Waals surface area contributed by atoms with Crippen molar-refractivity contribution >= 4 is 49.9 Å². The normalized spacial score (nSPS) is 12.3. The molecule has 0 N–H and O–H groups in total. The Labute approximate surface area is 145 Å². The molecule has 2 heterocycles. The van der Waals surface area contributed by atoms with Crippen molar-refractivity contribution in [2.75, 3.05) is 0 Å². The van der Waals surface area contributed by atoms with Crippen LogP contribution in [0.1, 0.15) is 11.8 Å². The number of thiazole rings is 1. The Morgan fingerprint density at radius 3 is 2.79 bits per heavy atom. The predicted octanol–water partition coefficient (Wildman–Crippen LogP) is 3.83. The second kappa shape index (κ2) is 6.90. The van der Waals surface area contributed by atoms with Crippen LogP contribution in [0.15, 0.2) is 47.5 Å². The van der Waals surface area contributed by atoms with E-state index in [1.807, 2.05) is 35.8 Å². The molecule has 0 spiro atoms. The van der Waals surface area contributed by atoms with Crippen molar-refractivity contribution in [3.05, 3.63) is 62.3 Å². The molecular weight excluding hydrogens is 346 g/mol. The lowest BCUT2D eigenvalue weighted by Gasteiger charge is -1.98. The van der Waals surface area contributed by atoms with Crippen LogP contribution in [-0.4, -0.2) is 15.4 Å². The Bertz CT molecular complexity index is 1010. The van der Waals surface area contributed by atoms with E-state index >= 15 is 0 Å². The van der Waals surface area contributed by atoms with Crippen LogP contribution in [0.3, 0.4) is 0 Å². The number of nitro groups is 1. The number of aryl methyl sites for hydroxylation is 1. The molecule has 0 fully saturated rings. The minimum Gasteiger partial charge on any atom is -0.317 e. The molecule has 0 unspecified atom stereocenters. The van der Waals surface area contributed by atoms with Crippen molar-refractivity contribution in [2.24, 2.45) is 4.99 Å². The molecule has 2 aromatic heterocycles. The molecule has 1 aromatic carbocycles. The number of benzene rings is 1. The summed E-state index contributed by atoms with van der Waals surface area (Å²) in [6.07, 6.45) is 2.88. The zero-order valence-electron chi connectivity index (χ0n) is 12.7. The fraction of sp³-hybridized carbons (Fsp3) is 0.125. The largest absolute Gasteiger partial charge is 0.324 e. The molecule has 0 aliphatic heterocycles. The lowest BCUT2D eigenvalue weighted by molar-refractivity contribution is -0.380. The first-order chi connectivity index (χ1) is 11.6. The van der Waals surface area contributed by atoms with Crippen LogP contribution in [-0.2, 0) is 11.3 Å². The second-order valence-corrected chi connectivity index (χ2v) is 6.92. The van der Waals surface area contributed by atoms with E-state index in [2.05, 4.69) is 4.99 Å². The van der Waals surface area contributed by atoms with Crippen molar-refractivity contribution in [1.29, 1.82) is 0 Å². The zero-order valence-corrected chi connectivity index (χ0v) is 14.3. The van der Waals surface area contributed by atoms with E-state index in [9.17, 15) is 14.9 Å². The van der Waals surface area contributed by atoms with Gasteiger partial charge in [-0.05, 0) is 31.2 Å². The van der Waals surface area contributed by atoms with Gasteiger partial charge in [0.2, 0.25) is 0 Å². The molecule has 122 valence electrons. The SMILES string of the molecule is CCn1c(=NC(=O)C=Cc2ccc([N+](=O)[O-])s2)sc2ccccc21. The third-order valence-electron chi connectivity index (χ3n) is 3.29. The number of hydrogen-bond donors (Lipinski definition) is 0. The Balaban J connectivity index is 1.89. The van der Waals surface area contributed by atoms with Crippen LogP contribution in [0.5, 0.6) is 0 Å². The number of nitrogens with zero attached hydrogens (tertiary/aromatic N) is 3. The predicted molar refractivity (Wildman–Crippen MR) is 96.1 cm³/mol. The number of thiophene rings is 1. The zero-order chi connectivity index (χ0) is 17.1. The third-order valence-corrected chi connectivity index (χ3v) is 5.35. The van der Waals surface area contributed by atoms with Crippen molar-refractivity contribution in [1.82, 2.24) is 4.57 Å². The molecule has 0 aliphatic carbocycles. The van der Waals surface area contributed by atoms with E-state index < -0.39 is 4.92 Å². The van der Waals surface area contributed by atoms with Gasteiger partial charge in [0.05, 0.1) is 15.1 Å². The van der Waals surface area contributed by atoms with Gasteiger partial charge in [0.1, 0.15) is 0 Å². The van der Waals surface area contributed by atoms with Crippen LogP contribution in [0.25, 0.3) is 16.3 Å². The van der Waals surface area contributed by atoms with Crippen LogP contribution in [0.4, 0.5) is 5.00 Å². The minimum absolute atomic E-state index is 0.0485. The standard InChI is InChI=1S/C16H13N3O3S2/c1-2-18-12-5-3-4-6-13(12)24-16(18)17-14(20)9-7-11-8-10-15(23-11)19(21)22/h3-10H,2H2,1H3. The molecule has 0 radical (unpaired) electrons. The highest BCUT2D eigenvalue weighted by molar-refractivity contribution is 7.16. The molecule has 3 aromatic rings. The van der Waals surface area contributed by atoms with E-state index in [0.29, 0.717) is 9.68 Å². The number of aromatic nitrogens is 1. The van der Waals surface area contributed by atoms with Crippen LogP contribution >= 0.6 is 22.7 Å². The number of hydrogen-bond acceptors (Lipinski definition) is 5. The average Bonchev–Trinajstić information content (AvgIpc) is 3.17. The van der Waals surface area contributed by atoms with Gasteiger partial charge in [-0.25, -0.2) is 0 Å². The van der Waals surface area contributed by atoms with Crippen LogP contribution in [0, 0.1) is 10.1 Å². The van der Waals surface area contributed by atoms with E-state index in [1.165, 1.54) is 23.5 Å². The van der Waals surface area contributed by atoms with Gasteiger partial charge in [-0.2, -0.15) is 4.99 Å². The summed E-state index contributed by atoms with van der Waals surface area (Å²) in [5.41, 5.74) is 1.05. The number of carbonyl (C=O) groups is 1. The fourth-order valence-corrected chi connectivity index (χ4v) is 4.05. The Morgan fingerprint density at radius 2 is 2.08 bits per heavy atom. The Kier molecular flexibility index (Phi) is 4.68. The molecule has 8 heteroatoms. The quantitative estimate of drug-likeness (QED) is 0.403. The maximum absolute atomic E-state index is 12.1. The molecule has 0 saturated heterocycles. The van der Waals surface area contributed by atoms with Gasteiger partial charge in [0.15, 0.2) is 4.80 Å². The van der Waals surface area contributed by atoms with E-state index in [1.54, 1.807) is 12.1 Å². The summed E-state index contributed by atoms with van der Waals surface area (Å²) in [5.74, 6) is -0.389. The summed E-state index contributed by atoms with van der Waals surface area (Å²) in [5, 5.41) is 10.7. The van der Waals surface area contributed by atoms with Gasteiger partial charge in [-0.1, -0.05) is 34.8 Å². The second-order valence-electron chi connectivity index (χ2n) is 4.81. The number of rotatable bonds is 4. The van der Waals surface area contributed by atoms with Crippen LogP contribution < -0.4 is 4.80 Å². The van der Waals surface area contributed by atoms with E-state index in [4.69, 9.17) is 0 Å². The summed E-state index contributed by atoms with van der Waals surface area (Å²) < 4.78 is 3.06. The highest BCUT2D eigenvalue weighted by atomic mass is 32.1. The van der Waals surface area contributed by atoms with Gasteiger partial charge in [-0.3, -0.25) is 14.9 Å². The summed E-state index contributed by atoms with van der Waals surface area (Å²) in [6, 6.07) is 10.9. The van der Waals surface area contributed by atoms with Crippen LogP contribution in [0.2, 0.25) is 0 Å². The first-order valence-electron chi connectivity index (χ1n) is 7.18. The summed E-state index contributed by atoms with van der Waals surface area (Å²) in [6.45, 7) is 2.72. The molecule has 0 saturated carbocycles. The summed E-state index contributed by atoms with van der Waals surface area (Å²) in [4.78, 5) is 27.7. The van der Waals surface area contributed by atoms with E-state index in [0.717, 1.165) is 28.1 Å². The highest BCUT2D eigenvalue weighted by Crippen LogP contribution is 2.24. The van der Waals surface area contributed by atoms with Gasteiger partial charge >= 0.3 is 5.00 Å². The van der Waals surface area contributed by atoms with E-state index in [-0.39, 0.29) is 10.9 Å². The maximum Gasteiger partial charge on any atom is 0.324 e. The number of para-hydroxylation sites is 1. The Morgan fingerprint density at radius 1 is 1.29 bits per heavy atom. The number of fused-ring (bicyclic) bond motifs is 1. The molecule has 1 amide bonds. The Hall–Kier alpha value is -2.58. The minimum atomic E-state index is -0.449. The monoisotopic (exact) mass is 359 g/mol. The molecule has 6 nitrogen and oxygen atoms in total. The molecule has 3 rings (SSSR count). The average molecular weight is 359 g/mol. The number of carbonyl (C=O) groups excluding carboxylic acids is 1. The van der Waals surface area contributed by atoms with Crippen molar-refractivity contribution in [2.45, 2.75) is 13.5 Å². The molecule has 0 atom stereocenters. The maximum atomic E-state index is 12.1. The number of amides is 1. The van der Waals surface area contributed by atoms with Gasteiger partial charge in [-0.15, -0.1) is 0 Å². The highest BCUT2D eigenvalue weighted by Gasteiger charge is 2.08. The van der Waals surface area contributed by atoms with Gasteiger partial charge < -0.3 is 4.57 Å². The first kappa shape index (κ1) is 16.3. The van der Waals surface area contributed by atoms with Crippen molar-refractivity contribution in [3.63, 3.8) is 0 Å². The lowest BCUT2D eigenvalue weighted by atomic mass is 10.3. The van der Waals surface area contributed by atoms with Crippen molar-refractivity contribution in [3.8, 4) is 0 Å². The fourth-order valence-electron chi connectivity index (χ4n) is 2.23. The summed E-state index contributed by atoms with van der Waals surface area (Å²) in [7, 11) is 0. The van der Waals surface area contributed by atoms with Gasteiger partial charge in [0, 0.05) is 23.6 Å². The summed E-state index contributed by atoms with van der Waals surface area (Å²) >= 11 is 2.48. The molecule has 0 aliphatic rings. The lowest BCUT2D eigenvalue weighted by Crippen LogP contribution is -2.15. The first-order valence-corrected chi connectivity index (χ1v) is 8.81. The van der Waals surface area contributed by atoms with Gasteiger partial charge in [0.25, 0.3) is 5.91 Å². The molecule has 24 heavy (non-hydrogen) atoms. The smallest absolute Gasteiger partial charge is 0.317 e.